The summed E-state index contributed by atoms with van der Waals surface area (Å²) < 4.78 is 7.71. The average Bonchev–Trinajstić information content (AvgIpc) is 2.57. The lowest BCUT2D eigenvalue weighted by Gasteiger charge is -2.34. The van der Waals surface area contributed by atoms with Gasteiger partial charge < -0.3 is 19.5 Å². The lowest BCUT2D eigenvalue weighted by molar-refractivity contribution is 0.0955. The van der Waals surface area contributed by atoms with Crippen LogP contribution in [0.2, 0.25) is 0 Å². The third-order valence-electron chi connectivity index (χ3n) is 3.93. The van der Waals surface area contributed by atoms with Crippen molar-refractivity contribution in [1.29, 1.82) is 0 Å². The predicted molar refractivity (Wildman–Crippen MR) is 101 cm³/mol. The normalized spacial score (nSPS) is 20.8. The summed E-state index contributed by atoms with van der Waals surface area (Å²) in [6.07, 6.45) is 4.02. The number of ether oxygens (including phenoxy) is 1. The minimum Gasteiger partial charge on any atom is -0.491 e. The monoisotopic (exact) mass is 340 g/mol. The topological polar surface area (TPSA) is 44.7 Å². The Morgan fingerprint density at radius 1 is 1.30 bits per heavy atom. The minimum atomic E-state index is -0.463. The molecule has 0 amide bonds. The van der Waals surface area contributed by atoms with Crippen LogP contribution >= 0.6 is 11.9 Å². The number of aliphatic hydroxyl groups is 1. The first kappa shape index (κ1) is 20.1. The number of nitrogens with zero attached hydrogens (tertiary/aromatic N) is 1. The molecule has 0 radical (unpaired) electrons. The van der Waals surface area contributed by atoms with Crippen LogP contribution in [0.4, 0.5) is 5.69 Å². The Kier molecular flexibility index (Phi) is 9.44. The van der Waals surface area contributed by atoms with Gasteiger partial charge >= 0.3 is 0 Å². The molecule has 0 heterocycles. The third-order valence-corrected chi connectivity index (χ3v) is 4.69. The summed E-state index contributed by atoms with van der Waals surface area (Å²) in [6, 6.07) is 8.50. The number of nitrogens with one attached hydrogen (secondary N) is 1. The molecule has 0 saturated heterocycles. The molecule has 5 heteroatoms. The Bertz CT molecular complexity index is 422. The van der Waals surface area contributed by atoms with E-state index in [0.29, 0.717) is 19.2 Å². The average molecular weight is 341 g/mol. The molecule has 0 bridgehead atoms. The Hall–Kier alpha value is -0.910. The van der Waals surface area contributed by atoms with Crippen LogP contribution in [0.5, 0.6) is 5.75 Å². The largest absolute Gasteiger partial charge is 0.491 e. The van der Waals surface area contributed by atoms with Crippen LogP contribution in [0.1, 0.15) is 33.6 Å². The molecule has 132 valence electrons. The summed E-state index contributed by atoms with van der Waals surface area (Å²) in [5.74, 6) is 1.62. The van der Waals surface area contributed by atoms with E-state index in [1.54, 1.807) is 11.9 Å². The third kappa shape index (κ3) is 7.02. The highest BCUT2D eigenvalue weighted by molar-refractivity contribution is 7.99. The van der Waals surface area contributed by atoms with Crippen molar-refractivity contribution >= 4 is 17.6 Å². The van der Waals surface area contributed by atoms with Crippen LogP contribution in [0.3, 0.4) is 0 Å². The van der Waals surface area contributed by atoms with Gasteiger partial charge in [-0.2, -0.15) is 0 Å². The van der Waals surface area contributed by atoms with Crippen LogP contribution < -0.4 is 14.4 Å². The zero-order valence-corrected chi connectivity index (χ0v) is 15.9. The van der Waals surface area contributed by atoms with Gasteiger partial charge in [-0.05, 0) is 43.0 Å². The molecule has 1 aromatic carbocycles. The molecule has 0 aliphatic heterocycles. The van der Waals surface area contributed by atoms with Crippen LogP contribution in [0, 0.1) is 5.92 Å². The van der Waals surface area contributed by atoms with Gasteiger partial charge in [-0.3, -0.25) is 0 Å². The molecule has 0 spiro atoms. The maximum atomic E-state index is 9.93. The fraction of sp³-hybridized carbons (Fsp3) is 0.667. The van der Waals surface area contributed by atoms with Crippen molar-refractivity contribution in [2.24, 2.45) is 5.92 Å². The first-order valence-electron chi connectivity index (χ1n) is 8.50. The standard InChI is InChI=1S/C16H26N2O2S.C2H6/c1-12-8-13(9-12)17-10-15(19)11-20-16-6-4-14(5-7-16)18(2)21-3;1-2/h4-7,12-13,15,17,19H,8-11H2,1-3H3;1-2H3. The van der Waals surface area contributed by atoms with Gasteiger partial charge in [0.15, 0.2) is 0 Å². The van der Waals surface area contributed by atoms with Crippen molar-refractivity contribution in [1.82, 2.24) is 5.32 Å². The SMILES string of the molecule is CC.CSN(C)c1ccc(OCC(O)CNC2CC(C)C2)cc1. The van der Waals surface area contributed by atoms with Crippen molar-refractivity contribution in [2.45, 2.75) is 45.8 Å². The summed E-state index contributed by atoms with van der Waals surface area (Å²) in [7, 11) is 2.03. The van der Waals surface area contributed by atoms with Crippen molar-refractivity contribution in [2.75, 3.05) is 30.8 Å². The molecule has 1 aliphatic carbocycles. The molecular formula is C18H32N2O2S. The maximum absolute atomic E-state index is 9.93. The van der Waals surface area contributed by atoms with Gasteiger partial charge in [0.25, 0.3) is 0 Å². The van der Waals surface area contributed by atoms with Crippen molar-refractivity contribution in [3.05, 3.63) is 24.3 Å². The summed E-state index contributed by atoms with van der Waals surface area (Å²) in [5, 5.41) is 13.3. The first-order valence-corrected chi connectivity index (χ1v) is 9.68. The van der Waals surface area contributed by atoms with Gasteiger partial charge in [-0.1, -0.05) is 32.7 Å². The molecule has 1 saturated carbocycles. The lowest BCUT2D eigenvalue weighted by atomic mass is 9.82. The van der Waals surface area contributed by atoms with E-state index in [4.69, 9.17) is 4.74 Å². The molecule has 1 fully saturated rings. The molecule has 2 N–H and O–H groups in total. The second-order valence-electron chi connectivity index (χ2n) is 5.82. The van der Waals surface area contributed by atoms with E-state index in [1.165, 1.54) is 12.8 Å². The van der Waals surface area contributed by atoms with E-state index in [1.807, 2.05) is 51.4 Å². The van der Waals surface area contributed by atoms with E-state index in [2.05, 4.69) is 16.5 Å². The Morgan fingerprint density at radius 3 is 2.43 bits per heavy atom. The van der Waals surface area contributed by atoms with Gasteiger partial charge in [0.05, 0.1) is 0 Å². The van der Waals surface area contributed by atoms with Gasteiger partial charge in [0.2, 0.25) is 0 Å². The number of hydrogen-bond acceptors (Lipinski definition) is 5. The van der Waals surface area contributed by atoms with Crippen molar-refractivity contribution < 1.29 is 9.84 Å². The van der Waals surface area contributed by atoms with Gasteiger partial charge in [-0.25, -0.2) is 0 Å². The van der Waals surface area contributed by atoms with Crippen LogP contribution in [0.15, 0.2) is 24.3 Å². The number of aliphatic hydroxyl groups excluding tert-OH is 1. The molecular weight excluding hydrogens is 308 g/mol. The smallest absolute Gasteiger partial charge is 0.119 e. The summed E-state index contributed by atoms with van der Waals surface area (Å²) in [4.78, 5) is 0. The van der Waals surface area contributed by atoms with Crippen molar-refractivity contribution in [3.63, 3.8) is 0 Å². The van der Waals surface area contributed by atoms with Gasteiger partial charge in [0.1, 0.15) is 18.5 Å². The molecule has 23 heavy (non-hydrogen) atoms. The molecule has 1 unspecified atom stereocenters. The molecule has 1 atom stereocenters. The molecule has 0 aromatic heterocycles. The maximum Gasteiger partial charge on any atom is 0.119 e. The highest BCUT2D eigenvalue weighted by Crippen LogP contribution is 2.26. The number of rotatable bonds is 8. The predicted octanol–water partition coefficient (Wildman–Crippen LogP) is 3.55. The number of hydrogen-bond donors (Lipinski definition) is 2. The molecule has 4 nitrogen and oxygen atoms in total. The van der Waals surface area contributed by atoms with Gasteiger partial charge in [0, 0.05) is 31.6 Å². The highest BCUT2D eigenvalue weighted by Gasteiger charge is 2.25. The van der Waals surface area contributed by atoms with Crippen LogP contribution in [-0.4, -0.2) is 43.7 Å². The second-order valence-corrected chi connectivity index (χ2v) is 6.73. The zero-order chi connectivity index (χ0) is 17.2. The minimum absolute atomic E-state index is 0.326. The summed E-state index contributed by atoms with van der Waals surface area (Å²) in [5.41, 5.74) is 1.14. The van der Waals surface area contributed by atoms with E-state index in [-0.39, 0.29) is 0 Å². The fourth-order valence-electron chi connectivity index (χ4n) is 2.48. The van der Waals surface area contributed by atoms with Gasteiger partial charge in [-0.15, -0.1) is 0 Å². The Morgan fingerprint density at radius 2 is 1.91 bits per heavy atom. The molecule has 1 aliphatic rings. The van der Waals surface area contributed by atoms with Crippen LogP contribution in [0.25, 0.3) is 0 Å². The lowest BCUT2D eigenvalue weighted by Crippen LogP contribution is -2.44. The Balaban J connectivity index is 0.00000127. The number of anilines is 1. The van der Waals surface area contributed by atoms with E-state index in [0.717, 1.165) is 17.4 Å². The first-order chi connectivity index (χ1) is 11.1. The second kappa shape index (κ2) is 10.8. The summed E-state index contributed by atoms with van der Waals surface area (Å²) >= 11 is 1.66. The van der Waals surface area contributed by atoms with E-state index >= 15 is 0 Å². The van der Waals surface area contributed by atoms with E-state index < -0.39 is 6.10 Å². The van der Waals surface area contributed by atoms with Crippen molar-refractivity contribution in [3.8, 4) is 5.75 Å². The number of benzene rings is 1. The quantitative estimate of drug-likeness (QED) is 0.709. The molecule has 1 aromatic rings. The highest BCUT2D eigenvalue weighted by atomic mass is 32.2. The molecule has 2 rings (SSSR count). The zero-order valence-electron chi connectivity index (χ0n) is 15.1. The summed E-state index contributed by atoms with van der Waals surface area (Å²) in [6.45, 7) is 7.19. The van der Waals surface area contributed by atoms with E-state index in [9.17, 15) is 5.11 Å². The van der Waals surface area contributed by atoms with Crippen LogP contribution in [-0.2, 0) is 0 Å². The Labute approximate surface area is 145 Å². The fourth-order valence-corrected chi connectivity index (χ4v) is 2.81.